The Morgan fingerprint density at radius 3 is 2.67 bits per heavy atom. The molecular weight excluding hydrogens is 136 g/mol. The van der Waals surface area contributed by atoms with Gasteiger partial charge in [-0.05, 0) is 13.0 Å². The Balaban J connectivity index is 3.57. The second kappa shape index (κ2) is 5.57. The van der Waals surface area contributed by atoms with Gasteiger partial charge in [0.25, 0.3) is 0 Å². The first kappa shape index (κ1) is 8.44. The van der Waals surface area contributed by atoms with Crippen LogP contribution in [0.1, 0.15) is 6.92 Å². The minimum Gasteiger partial charge on any atom is -0.294 e. The molecule has 0 N–H and O–H groups in total. The smallest absolute Gasteiger partial charge is 0.170 e. The highest BCUT2D eigenvalue weighted by Crippen LogP contribution is 1.82. The van der Waals surface area contributed by atoms with Crippen LogP contribution >= 0.6 is 11.6 Å². The Morgan fingerprint density at radius 2 is 2.22 bits per heavy atom. The third-order valence-corrected chi connectivity index (χ3v) is 0.981. The molecule has 1 nitrogen and oxygen atoms in total. The molecule has 0 saturated heterocycles. The summed E-state index contributed by atoms with van der Waals surface area (Å²) < 4.78 is 0. The predicted molar refractivity (Wildman–Crippen MR) is 39.7 cm³/mol. The Morgan fingerprint density at radius 1 is 1.56 bits per heavy atom. The second-order valence-electron chi connectivity index (χ2n) is 1.48. The molecule has 0 aromatic heterocycles. The molecule has 0 rings (SSSR count). The maximum absolute atomic E-state index is 10.4. The molecule has 0 saturated carbocycles. The zero-order chi connectivity index (χ0) is 7.11. The maximum Gasteiger partial charge on any atom is 0.170 e. The topological polar surface area (TPSA) is 17.1 Å². The van der Waals surface area contributed by atoms with E-state index in [1.165, 1.54) is 6.08 Å². The van der Waals surface area contributed by atoms with Gasteiger partial charge in [-0.2, -0.15) is 0 Å². The number of halogens is 1. The maximum atomic E-state index is 10.4. The summed E-state index contributed by atoms with van der Waals surface area (Å²) in [6, 6.07) is 0. The largest absolute Gasteiger partial charge is 0.294 e. The van der Waals surface area contributed by atoms with Crippen molar-refractivity contribution in [1.82, 2.24) is 0 Å². The first-order valence-corrected chi connectivity index (χ1v) is 3.23. The molecule has 50 valence electrons. The lowest BCUT2D eigenvalue weighted by Gasteiger charge is -1.78. The summed E-state index contributed by atoms with van der Waals surface area (Å²) in [7, 11) is 0. The van der Waals surface area contributed by atoms with E-state index in [1.807, 2.05) is 13.0 Å². The molecule has 0 unspecified atom stereocenters. The van der Waals surface area contributed by atoms with E-state index in [0.717, 1.165) is 0 Å². The predicted octanol–water partition coefficient (Wildman–Crippen LogP) is 1.93. The molecule has 2 heteroatoms. The standard InChI is InChI=1S/C7H9ClO/c1-2-3-4-5-7(9)6-8/h2-5H,6H2,1H3/b3-2+,5-4+. The van der Waals surface area contributed by atoms with Crippen LogP contribution in [0.5, 0.6) is 0 Å². The minimum atomic E-state index is -0.0604. The molecule has 0 amide bonds. The molecule has 0 aromatic rings. The molecule has 0 radical (unpaired) electrons. The molecule has 0 aliphatic heterocycles. The van der Waals surface area contributed by atoms with Gasteiger partial charge in [0.1, 0.15) is 0 Å². The third-order valence-electron chi connectivity index (χ3n) is 0.717. The Kier molecular flexibility index (Phi) is 5.23. The first-order valence-electron chi connectivity index (χ1n) is 2.69. The number of carbonyl (C=O) groups excluding carboxylic acids is 1. The summed E-state index contributed by atoms with van der Waals surface area (Å²) >= 11 is 5.21. The zero-order valence-electron chi connectivity index (χ0n) is 5.30. The van der Waals surface area contributed by atoms with Gasteiger partial charge >= 0.3 is 0 Å². The van der Waals surface area contributed by atoms with Gasteiger partial charge in [-0.3, -0.25) is 4.79 Å². The lowest BCUT2D eigenvalue weighted by molar-refractivity contribution is -0.112. The van der Waals surface area contributed by atoms with E-state index in [1.54, 1.807) is 12.2 Å². The van der Waals surface area contributed by atoms with E-state index in [0.29, 0.717) is 0 Å². The van der Waals surface area contributed by atoms with E-state index in [2.05, 4.69) is 0 Å². The summed E-state index contributed by atoms with van der Waals surface area (Å²) in [5.41, 5.74) is 0. The normalized spacial score (nSPS) is 11.3. The van der Waals surface area contributed by atoms with Crippen molar-refractivity contribution in [1.29, 1.82) is 0 Å². The number of carbonyl (C=O) groups is 1. The summed E-state index contributed by atoms with van der Waals surface area (Å²) in [5, 5.41) is 0. The molecule has 9 heavy (non-hydrogen) atoms. The SMILES string of the molecule is C/C=C/C=C/C(=O)CCl. The van der Waals surface area contributed by atoms with Crippen molar-refractivity contribution in [2.45, 2.75) is 6.92 Å². The van der Waals surface area contributed by atoms with Gasteiger partial charge < -0.3 is 0 Å². The highest BCUT2D eigenvalue weighted by molar-refractivity contribution is 6.29. The minimum absolute atomic E-state index is 0.0604. The van der Waals surface area contributed by atoms with Gasteiger partial charge in [0, 0.05) is 0 Å². The van der Waals surface area contributed by atoms with Crippen LogP contribution in [0, 0.1) is 0 Å². The summed E-state index contributed by atoms with van der Waals surface area (Å²) in [5.74, 6) is 0.00314. The monoisotopic (exact) mass is 144 g/mol. The highest BCUT2D eigenvalue weighted by Gasteiger charge is 1.86. The van der Waals surface area contributed by atoms with Crippen LogP contribution < -0.4 is 0 Å². The van der Waals surface area contributed by atoms with Gasteiger partial charge in [-0.25, -0.2) is 0 Å². The number of ketones is 1. The van der Waals surface area contributed by atoms with Gasteiger partial charge in [0.2, 0.25) is 0 Å². The molecular formula is C7H9ClO. The molecule has 0 heterocycles. The van der Waals surface area contributed by atoms with Crippen molar-refractivity contribution in [3.8, 4) is 0 Å². The van der Waals surface area contributed by atoms with Gasteiger partial charge in [-0.1, -0.05) is 18.2 Å². The Hall–Kier alpha value is -0.560. The number of alkyl halides is 1. The van der Waals surface area contributed by atoms with Crippen molar-refractivity contribution >= 4 is 17.4 Å². The van der Waals surface area contributed by atoms with Crippen molar-refractivity contribution in [2.24, 2.45) is 0 Å². The molecule has 0 spiro atoms. The molecule has 0 aromatic carbocycles. The highest BCUT2D eigenvalue weighted by atomic mass is 35.5. The zero-order valence-corrected chi connectivity index (χ0v) is 6.06. The van der Waals surface area contributed by atoms with Crippen molar-refractivity contribution < 1.29 is 4.79 Å². The summed E-state index contributed by atoms with van der Waals surface area (Å²) in [6.45, 7) is 1.88. The van der Waals surface area contributed by atoms with E-state index in [4.69, 9.17) is 11.6 Å². The average Bonchev–Trinajstić information content (AvgIpc) is 1.89. The average molecular weight is 145 g/mol. The van der Waals surface area contributed by atoms with Gasteiger partial charge in [0.05, 0.1) is 5.88 Å². The van der Waals surface area contributed by atoms with E-state index >= 15 is 0 Å². The Labute approximate surface area is 60.0 Å². The number of hydrogen-bond donors (Lipinski definition) is 0. The number of allylic oxidation sites excluding steroid dienone is 4. The van der Waals surface area contributed by atoms with Crippen LogP contribution in [-0.4, -0.2) is 11.7 Å². The van der Waals surface area contributed by atoms with Crippen molar-refractivity contribution in [3.05, 3.63) is 24.3 Å². The van der Waals surface area contributed by atoms with Gasteiger partial charge in [-0.15, -0.1) is 11.6 Å². The molecule has 0 fully saturated rings. The van der Waals surface area contributed by atoms with E-state index in [-0.39, 0.29) is 11.7 Å². The Bertz CT molecular complexity index is 136. The number of hydrogen-bond acceptors (Lipinski definition) is 1. The molecule has 0 atom stereocenters. The fourth-order valence-electron chi connectivity index (χ4n) is 0.319. The van der Waals surface area contributed by atoms with Crippen LogP contribution in [-0.2, 0) is 4.79 Å². The van der Waals surface area contributed by atoms with Crippen LogP contribution in [0.15, 0.2) is 24.3 Å². The molecule has 0 bridgehead atoms. The molecule has 0 aliphatic carbocycles. The summed E-state index contributed by atoms with van der Waals surface area (Å²) in [6.07, 6.45) is 6.75. The van der Waals surface area contributed by atoms with Crippen molar-refractivity contribution in [2.75, 3.05) is 5.88 Å². The van der Waals surface area contributed by atoms with Crippen LogP contribution in [0.3, 0.4) is 0 Å². The summed E-state index contributed by atoms with van der Waals surface area (Å²) in [4.78, 5) is 10.4. The number of rotatable bonds is 3. The van der Waals surface area contributed by atoms with E-state index < -0.39 is 0 Å². The quantitative estimate of drug-likeness (QED) is 0.336. The van der Waals surface area contributed by atoms with Crippen LogP contribution in [0.4, 0.5) is 0 Å². The third kappa shape index (κ3) is 5.31. The lowest BCUT2D eigenvalue weighted by Crippen LogP contribution is -1.90. The van der Waals surface area contributed by atoms with Crippen molar-refractivity contribution in [3.63, 3.8) is 0 Å². The fourth-order valence-corrected chi connectivity index (χ4v) is 0.408. The molecule has 0 aliphatic rings. The van der Waals surface area contributed by atoms with E-state index in [9.17, 15) is 4.79 Å². The van der Waals surface area contributed by atoms with Crippen LogP contribution in [0.25, 0.3) is 0 Å². The fraction of sp³-hybridized carbons (Fsp3) is 0.286. The first-order chi connectivity index (χ1) is 4.31. The lowest BCUT2D eigenvalue weighted by atomic mass is 10.4. The van der Waals surface area contributed by atoms with Gasteiger partial charge in [0.15, 0.2) is 5.78 Å². The van der Waals surface area contributed by atoms with Crippen LogP contribution in [0.2, 0.25) is 0 Å². The second-order valence-corrected chi connectivity index (χ2v) is 1.75.